The molecule has 34 heavy (non-hydrogen) atoms. The number of carbonyl (C=O) groups is 2. The molecule has 0 radical (unpaired) electrons. The van der Waals surface area contributed by atoms with E-state index >= 15 is 0 Å². The van der Waals surface area contributed by atoms with Crippen molar-refractivity contribution in [2.75, 3.05) is 29.0 Å². The molecule has 0 atom stereocenters. The second-order valence-electron chi connectivity index (χ2n) is 9.44. The average molecular weight is 462 g/mol. The van der Waals surface area contributed by atoms with Gasteiger partial charge in [0.25, 0.3) is 5.91 Å². The molecule has 176 valence electrons. The number of aldehydes is 1. The molecule has 3 aromatic rings. The Morgan fingerprint density at radius 1 is 1.26 bits per heavy atom. The fraction of sp³-hybridized carbons (Fsp3) is 0.360. The predicted molar refractivity (Wildman–Crippen MR) is 128 cm³/mol. The van der Waals surface area contributed by atoms with Gasteiger partial charge >= 0.3 is 0 Å². The molecule has 0 aliphatic carbocycles. The molecule has 2 aliphatic rings. The summed E-state index contributed by atoms with van der Waals surface area (Å²) in [5.41, 5.74) is 8.84. The summed E-state index contributed by atoms with van der Waals surface area (Å²) in [6.07, 6.45) is 6.23. The van der Waals surface area contributed by atoms with Crippen molar-refractivity contribution in [3.05, 3.63) is 48.0 Å². The Morgan fingerprint density at radius 3 is 2.79 bits per heavy atom. The van der Waals surface area contributed by atoms with Crippen molar-refractivity contribution >= 4 is 29.4 Å². The number of carbonyl (C=O) groups excluding carboxylic acids is 2. The maximum absolute atomic E-state index is 13.1. The molecule has 1 saturated heterocycles. The molecule has 4 heterocycles. The normalized spacial score (nSPS) is 17.2. The molecule has 1 amide bonds. The predicted octanol–water partition coefficient (Wildman–Crippen LogP) is 3.70. The van der Waals surface area contributed by atoms with E-state index in [9.17, 15) is 9.59 Å². The maximum Gasteiger partial charge on any atom is 0.277 e. The number of nitrogens with two attached hydrogens (primary N) is 1. The topological polar surface area (TPSA) is 124 Å². The first kappa shape index (κ1) is 21.9. The highest BCUT2D eigenvalue weighted by molar-refractivity contribution is 6.05. The van der Waals surface area contributed by atoms with Crippen molar-refractivity contribution in [1.29, 1.82) is 0 Å². The van der Waals surface area contributed by atoms with Gasteiger partial charge in [-0.15, -0.1) is 0 Å². The van der Waals surface area contributed by atoms with E-state index in [1.807, 2.05) is 26.0 Å². The summed E-state index contributed by atoms with van der Waals surface area (Å²) >= 11 is 0. The van der Waals surface area contributed by atoms with Gasteiger partial charge in [0.1, 0.15) is 29.7 Å². The molecule has 2 aliphatic heterocycles. The molecule has 1 fully saturated rings. The highest BCUT2D eigenvalue weighted by atomic mass is 16.5. The van der Waals surface area contributed by atoms with Crippen LogP contribution in [0.15, 0.2) is 41.1 Å². The number of nitrogens with one attached hydrogen (secondary N) is 1. The summed E-state index contributed by atoms with van der Waals surface area (Å²) in [6, 6.07) is 7.33. The zero-order chi connectivity index (χ0) is 23.9. The Labute approximate surface area is 197 Å². The minimum atomic E-state index is -0.376. The van der Waals surface area contributed by atoms with E-state index in [2.05, 4.69) is 20.2 Å². The number of piperidine rings is 1. The van der Waals surface area contributed by atoms with Crippen LogP contribution in [0.2, 0.25) is 0 Å². The summed E-state index contributed by atoms with van der Waals surface area (Å²) in [6.45, 7) is 5.55. The van der Waals surface area contributed by atoms with Crippen LogP contribution < -0.4 is 20.7 Å². The van der Waals surface area contributed by atoms with Crippen LogP contribution in [0.5, 0.6) is 5.75 Å². The lowest BCUT2D eigenvalue weighted by molar-refractivity contribution is -0.111. The van der Waals surface area contributed by atoms with Crippen molar-refractivity contribution < 1.29 is 18.7 Å². The minimum absolute atomic E-state index is 0.0784. The van der Waals surface area contributed by atoms with Gasteiger partial charge in [-0.1, -0.05) is 0 Å². The van der Waals surface area contributed by atoms with Crippen LogP contribution in [0.25, 0.3) is 11.5 Å². The van der Waals surface area contributed by atoms with Gasteiger partial charge < -0.3 is 29.9 Å². The molecular weight excluding hydrogens is 434 g/mol. The van der Waals surface area contributed by atoms with Crippen molar-refractivity contribution in [2.24, 2.45) is 5.92 Å². The van der Waals surface area contributed by atoms with Gasteiger partial charge in [-0.25, -0.2) is 9.97 Å². The van der Waals surface area contributed by atoms with Crippen molar-refractivity contribution in [3.63, 3.8) is 0 Å². The highest BCUT2D eigenvalue weighted by Gasteiger charge is 2.32. The van der Waals surface area contributed by atoms with E-state index in [-0.39, 0.29) is 23.1 Å². The van der Waals surface area contributed by atoms with Gasteiger partial charge in [0, 0.05) is 48.8 Å². The van der Waals surface area contributed by atoms with E-state index in [0.29, 0.717) is 23.0 Å². The number of nitrogen functional groups attached to an aromatic ring is 1. The Kier molecular flexibility index (Phi) is 5.47. The van der Waals surface area contributed by atoms with Gasteiger partial charge in [0.2, 0.25) is 5.89 Å². The van der Waals surface area contributed by atoms with Crippen molar-refractivity contribution in [1.82, 2.24) is 9.97 Å². The first-order chi connectivity index (χ1) is 16.3. The first-order valence-electron chi connectivity index (χ1n) is 11.4. The number of hydrogen-bond acceptors (Lipinski definition) is 8. The third-order valence-corrected chi connectivity index (χ3v) is 6.27. The average Bonchev–Trinajstić information content (AvgIpc) is 3.42. The molecule has 1 aromatic carbocycles. The zero-order valence-corrected chi connectivity index (χ0v) is 19.2. The molecule has 0 bridgehead atoms. The minimum Gasteiger partial charge on any atom is -0.487 e. The molecular formula is C25H27N5O4. The van der Waals surface area contributed by atoms with Crippen LogP contribution in [0.4, 0.5) is 17.2 Å². The number of nitrogens with zero attached hydrogens (tertiary/aromatic N) is 3. The smallest absolute Gasteiger partial charge is 0.277 e. The monoisotopic (exact) mass is 461 g/mol. The maximum atomic E-state index is 13.1. The van der Waals surface area contributed by atoms with E-state index in [4.69, 9.17) is 14.9 Å². The molecule has 0 unspecified atom stereocenters. The van der Waals surface area contributed by atoms with Gasteiger partial charge in [-0.05, 0) is 44.9 Å². The van der Waals surface area contributed by atoms with E-state index in [0.717, 1.165) is 55.6 Å². The molecule has 3 N–H and O–H groups in total. The fourth-order valence-electron chi connectivity index (χ4n) is 4.56. The number of anilines is 3. The van der Waals surface area contributed by atoms with Gasteiger partial charge in [0.05, 0.1) is 11.4 Å². The van der Waals surface area contributed by atoms with Crippen LogP contribution in [-0.2, 0) is 11.2 Å². The molecule has 2 aromatic heterocycles. The lowest BCUT2D eigenvalue weighted by Gasteiger charge is -2.33. The number of amides is 1. The molecule has 0 saturated carbocycles. The Bertz CT molecular complexity index is 1240. The lowest BCUT2D eigenvalue weighted by atomic mass is 9.97. The number of fused-ring (bicyclic) bond motifs is 1. The van der Waals surface area contributed by atoms with Gasteiger partial charge in [0.15, 0.2) is 5.69 Å². The van der Waals surface area contributed by atoms with Crippen LogP contribution in [0.3, 0.4) is 0 Å². The highest BCUT2D eigenvalue weighted by Crippen LogP contribution is 2.42. The number of pyridine rings is 1. The summed E-state index contributed by atoms with van der Waals surface area (Å²) in [5.74, 6) is 1.16. The van der Waals surface area contributed by atoms with Crippen molar-refractivity contribution in [2.45, 2.75) is 38.7 Å². The van der Waals surface area contributed by atoms with Crippen LogP contribution in [-0.4, -0.2) is 40.9 Å². The summed E-state index contributed by atoms with van der Waals surface area (Å²) < 4.78 is 11.7. The second kappa shape index (κ2) is 8.48. The summed E-state index contributed by atoms with van der Waals surface area (Å²) in [4.78, 5) is 34.8. The van der Waals surface area contributed by atoms with E-state index in [1.165, 1.54) is 6.26 Å². The molecule has 0 spiro atoms. The lowest BCUT2D eigenvalue weighted by Crippen LogP contribution is -2.34. The first-order valence-corrected chi connectivity index (χ1v) is 11.4. The number of rotatable bonds is 5. The van der Waals surface area contributed by atoms with Gasteiger partial charge in [-0.2, -0.15) is 0 Å². The second-order valence-corrected chi connectivity index (χ2v) is 9.44. The molecule has 9 nitrogen and oxygen atoms in total. The third-order valence-electron chi connectivity index (χ3n) is 6.27. The van der Waals surface area contributed by atoms with Crippen LogP contribution >= 0.6 is 0 Å². The molecule has 5 rings (SSSR count). The zero-order valence-electron chi connectivity index (χ0n) is 19.2. The fourth-order valence-corrected chi connectivity index (χ4v) is 4.56. The van der Waals surface area contributed by atoms with Gasteiger partial charge in [-0.3, -0.25) is 4.79 Å². The largest absolute Gasteiger partial charge is 0.487 e. The van der Waals surface area contributed by atoms with E-state index in [1.54, 1.807) is 18.3 Å². The molecule has 9 heteroatoms. The number of oxazole rings is 1. The third kappa shape index (κ3) is 4.33. The summed E-state index contributed by atoms with van der Waals surface area (Å²) in [5, 5.41) is 3.02. The SMILES string of the molecule is CC1(C)Cc2cc(NC(=O)c3coc(-c4ccnc(N)c4)n3)c(N3CCC(C=O)CC3)cc2O1. The van der Waals surface area contributed by atoms with E-state index < -0.39 is 0 Å². The number of hydrogen-bond donors (Lipinski definition) is 2. The van der Waals surface area contributed by atoms with Crippen LogP contribution in [0, 0.1) is 5.92 Å². The quantitative estimate of drug-likeness (QED) is 0.551. The van der Waals surface area contributed by atoms with Crippen LogP contribution in [0.1, 0.15) is 42.7 Å². The van der Waals surface area contributed by atoms with Crippen molar-refractivity contribution in [3.8, 4) is 17.2 Å². The Balaban J connectivity index is 1.42. The number of ether oxygens (including phenoxy) is 1. The summed E-state index contributed by atoms with van der Waals surface area (Å²) in [7, 11) is 0. The Morgan fingerprint density at radius 2 is 2.06 bits per heavy atom. The number of aromatic nitrogens is 2. The number of benzene rings is 1. The standard InChI is InChI=1S/C25H27N5O4/c1-25(2)12-17-9-18(20(11-21(17)34-25)30-7-4-15(13-31)5-8-30)28-23(32)19-14-33-24(29-19)16-3-6-27-22(26)10-16/h3,6,9-11,13-15H,4-5,7-8,12H2,1-2H3,(H2,26,27)(H,28,32). The Hall–Kier alpha value is -3.88.